The fourth-order valence-electron chi connectivity index (χ4n) is 4.93. The zero-order chi connectivity index (χ0) is 17.3. The van der Waals surface area contributed by atoms with Crippen molar-refractivity contribution in [2.75, 3.05) is 0 Å². The number of rotatable bonds is 2. The number of esters is 1. The molecule has 0 atom stereocenters. The molecule has 4 aliphatic carbocycles. The van der Waals surface area contributed by atoms with Crippen LogP contribution in [-0.2, 0) is 9.53 Å². The van der Waals surface area contributed by atoms with Gasteiger partial charge >= 0.3 is 18.3 Å². The summed E-state index contributed by atoms with van der Waals surface area (Å²) in [5.41, 5.74) is -5.62. The molecule has 0 N–H and O–H groups in total. The van der Waals surface area contributed by atoms with Crippen LogP contribution in [0.2, 0.25) is 0 Å². The molecule has 0 spiro atoms. The minimum atomic E-state index is -5.71. The highest BCUT2D eigenvalue weighted by molar-refractivity contribution is 5.78. The van der Waals surface area contributed by atoms with Crippen molar-refractivity contribution in [3.63, 3.8) is 0 Å². The van der Waals surface area contributed by atoms with Gasteiger partial charge in [-0.05, 0) is 63.2 Å². The Bertz CT molecular complexity index is 458. The molecule has 4 rings (SSSR count). The summed E-state index contributed by atoms with van der Waals surface area (Å²) in [6.07, 6.45) is -7.60. The minimum Gasteiger partial charge on any atom is -0.439 e. The molecule has 132 valence electrons. The van der Waals surface area contributed by atoms with Crippen LogP contribution in [-0.4, -0.2) is 23.9 Å². The van der Waals surface area contributed by atoms with Gasteiger partial charge in [-0.2, -0.15) is 26.3 Å². The second-order valence-electron chi connectivity index (χ2n) is 7.62. The maximum atomic E-state index is 12.9. The van der Waals surface area contributed by atoms with Crippen LogP contribution >= 0.6 is 0 Å². The molecule has 0 saturated heterocycles. The molecule has 8 heteroatoms. The number of carbonyl (C=O) groups is 1. The van der Waals surface area contributed by atoms with Gasteiger partial charge < -0.3 is 4.74 Å². The van der Waals surface area contributed by atoms with Crippen molar-refractivity contribution >= 4 is 5.97 Å². The van der Waals surface area contributed by atoms with Crippen molar-refractivity contribution in [1.29, 1.82) is 0 Å². The lowest BCUT2D eigenvalue weighted by atomic mass is 9.49. The first kappa shape index (κ1) is 16.9. The highest BCUT2D eigenvalue weighted by Crippen LogP contribution is 2.61. The van der Waals surface area contributed by atoms with Gasteiger partial charge in [-0.15, -0.1) is 0 Å². The third kappa shape index (κ3) is 2.52. The van der Waals surface area contributed by atoms with Crippen LogP contribution in [0.25, 0.3) is 0 Å². The van der Waals surface area contributed by atoms with E-state index in [2.05, 4.69) is 4.74 Å². The van der Waals surface area contributed by atoms with E-state index >= 15 is 0 Å². The van der Waals surface area contributed by atoms with Crippen molar-refractivity contribution in [2.45, 2.75) is 63.4 Å². The SMILES string of the molecule is CC(OC(=O)C12CC3CC(CC(C3)C1)C2)(C(F)(F)F)C(F)(F)F. The molecule has 0 aromatic rings. The smallest absolute Gasteiger partial charge is 0.437 e. The molecule has 0 unspecified atom stereocenters. The molecule has 0 aliphatic heterocycles. The molecule has 2 nitrogen and oxygen atoms in total. The summed E-state index contributed by atoms with van der Waals surface area (Å²) < 4.78 is 81.8. The van der Waals surface area contributed by atoms with Crippen LogP contribution in [0.15, 0.2) is 0 Å². The van der Waals surface area contributed by atoms with Gasteiger partial charge in [0.1, 0.15) is 0 Å². The Hall–Kier alpha value is -0.950. The summed E-state index contributed by atoms with van der Waals surface area (Å²) >= 11 is 0. The van der Waals surface area contributed by atoms with E-state index < -0.39 is 29.3 Å². The first-order chi connectivity index (χ1) is 10.4. The summed E-state index contributed by atoms with van der Waals surface area (Å²) in [6.45, 7) is -0.106. The van der Waals surface area contributed by atoms with Gasteiger partial charge in [0.2, 0.25) is 0 Å². The highest BCUT2D eigenvalue weighted by atomic mass is 19.4. The second kappa shape index (κ2) is 4.79. The zero-order valence-electron chi connectivity index (χ0n) is 12.6. The number of alkyl halides is 6. The molecule has 4 saturated carbocycles. The quantitative estimate of drug-likeness (QED) is 0.539. The average Bonchev–Trinajstić information content (AvgIpc) is 2.34. The Balaban J connectivity index is 1.86. The van der Waals surface area contributed by atoms with E-state index in [4.69, 9.17) is 0 Å². The number of halogens is 6. The highest BCUT2D eigenvalue weighted by Gasteiger charge is 2.72. The summed E-state index contributed by atoms with van der Waals surface area (Å²) in [4.78, 5) is 12.4. The van der Waals surface area contributed by atoms with Crippen LogP contribution in [0, 0.1) is 23.2 Å². The zero-order valence-corrected chi connectivity index (χ0v) is 12.6. The van der Waals surface area contributed by atoms with E-state index in [0.717, 1.165) is 19.3 Å². The van der Waals surface area contributed by atoms with E-state index in [-0.39, 0.29) is 24.7 Å². The predicted octanol–water partition coefficient (Wildman–Crippen LogP) is 4.63. The Morgan fingerprint density at radius 3 is 1.52 bits per heavy atom. The van der Waals surface area contributed by atoms with Crippen LogP contribution in [0.1, 0.15) is 45.4 Å². The normalized spacial score (nSPS) is 37.1. The Morgan fingerprint density at radius 1 is 0.870 bits per heavy atom. The maximum absolute atomic E-state index is 12.9. The average molecular weight is 344 g/mol. The first-order valence-electron chi connectivity index (χ1n) is 7.73. The lowest BCUT2D eigenvalue weighted by molar-refractivity contribution is -0.365. The number of ether oxygens (including phenoxy) is 1. The molecule has 0 aromatic heterocycles. The molecular weight excluding hydrogens is 326 g/mol. The lowest BCUT2D eigenvalue weighted by Crippen LogP contribution is -2.60. The van der Waals surface area contributed by atoms with E-state index in [0.29, 0.717) is 19.3 Å². The topological polar surface area (TPSA) is 26.3 Å². The minimum absolute atomic E-state index is 0.106. The van der Waals surface area contributed by atoms with E-state index in [1.54, 1.807) is 0 Å². The third-order valence-corrected chi connectivity index (χ3v) is 5.85. The predicted molar refractivity (Wildman–Crippen MR) is 67.2 cm³/mol. The van der Waals surface area contributed by atoms with Gasteiger partial charge in [-0.25, -0.2) is 0 Å². The van der Waals surface area contributed by atoms with Crippen LogP contribution in [0.5, 0.6) is 0 Å². The fourth-order valence-corrected chi connectivity index (χ4v) is 4.93. The van der Waals surface area contributed by atoms with E-state index in [1.165, 1.54) is 0 Å². The Kier molecular flexibility index (Phi) is 3.51. The summed E-state index contributed by atoms with van der Waals surface area (Å²) in [5.74, 6) is -0.667. The third-order valence-electron chi connectivity index (χ3n) is 5.85. The molecular formula is C15H18F6O2. The number of hydrogen-bond acceptors (Lipinski definition) is 2. The van der Waals surface area contributed by atoms with Gasteiger partial charge in [-0.1, -0.05) is 0 Å². The van der Waals surface area contributed by atoms with Crippen LogP contribution in [0.4, 0.5) is 26.3 Å². The van der Waals surface area contributed by atoms with Crippen molar-refractivity contribution in [2.24, 2.45) is 23.2 Å². The fraction of sp³-hybridized carbons (Fsp3) is 0.933. The standard InChI is InChI=1S/C15H18F6O2/c1-12(14(16,17)18,15(19,20)21)23-11(22)13-5-8-2-9(6-13)4-10(3-8)7-13/h8-10H,2-7H2,1H3. The molecule has 0 amide bonds. The van der Waals surface area contributed by atoms with Crippen molar-refractivity contribution in [3.8, 4) is 0 Å². The number of carbonyl (C=O) groups excluding carboxylic acids is 1. The summed E-state index contributed by atoms with van der Waals surface area (Å²) in [6, 6.07) is 0. The number of hydrogen-bond donors (Lipinski definition) is 0. The molecule has 4 aliphatic rings. The maximum Gasteiger partial charge on any atom is 0.437 e. The Morgan fingerprint density at radius 2 is 1.22 bits per heavy atom. The van der Waals surface area contributed by atoms with Crippen molar-refractivity contribution in [3.05, 3.63) is 0 Å². The summed E-state index contributed by atoms with van der Waals surface area (Å²) in [7, 11) is 0. The lowest BCUT2D eigenvalue weighted by Gasteiger charge is -2.55. The van der Waals surface area contributed by atoms with Gasteiger partial charge in [0.05, 0.1) is 5.41 Å². The van der Waals surface area contributed by atoms with Gasteiger partial charge in [0.15, 0.2) is 0 Å². The van der Waals surface area contributed by atoms with Crippen molar-refractivity contribution < 1.29 is 35.9 Å². The molecule has 4 fully saturated rings. The van der Waals surface area contributed by atoms with Gasteiger partial charge in [0.25, 0.3) is 5.60 Å². The van der Waals surface area contributed by atoms with E-state index in [1.807, 2.05) is 0 Å². The Labute approximate surface area is 129 Å². The first-order valence-corrected chi connectivity index (χ1v) is 7.73. The monoisotopic (exact) mass is 344 g/mol. The van der Waals surface area contributed by atoms with Crippen LogP contribution < -0.4 is 0 Å². The van der Waals surface area contributed by atoms with Crippen molar-refractivity contribution in [1.82, 2.24) is 0 Å². The molecule has 0 heterocycles. The van der Waals surface area contributed by atoms with Crippen LogP contribution in [0.3, 0.4) is 0 Å². The molecule has 23 heavy (non-hydrogen) atoms. The van der Waals surface area contributed by atoms with E-state index in [9.17, 15) is 31.1 Å². The largest absolute Gasteiger partial charge is 0.439 e. The summed E-state index contributed by atoms with van der Waals surface area (Å²) in [5, 5.41) is 0. The molecule has 0 aromatic carbocycles. The molecule has 0 radical (unpaired) electrons. The molecule has 4 bridgehead atoms. The van der Waals surface area contributed by atoms with Gasteiger partial charge in [0, 0.05) is 0 Å². The van der Waals surface area contributed by atoms with Gasteiger partial charge in [-0.3, -0.25) is 4.79 Å². The second-order valence-corrected chi connectivity index (χ2v) is 7.62.